The fourth-order valence-electron chi connectivity index (χ4n) is 0.963. The van der Waals surface area contributed by atoms with Crippen molar-refractivity contribution in [3.8, 4) is 0 Å². The normalized spacial score (nSPS) is 10.1. The first-order valence-electron chi connectivity index (χ1n) is 3.52. The average Bonchev–Trinajstić information content (AvgIpc) is 1.97. The number of nitrogens with two attached hydrogens (primary N) is 2. The zero-order valence-electron chi connectivity index (χ0n) is 7.10. The Labute approximate surface area is 66.4 Å². The Morgan fingerprint density at radius 2 is 1.18 bits per heavy atom. The third-order valence-corrected chi connectivity index (χ3v) is 2.13. The van der Waals surface area contributed by atoms with Gasteiger partial charge >= 0.3 is 0 Å². The summed E-state index contributed by atoms with van der Waals surface area (Å²) in [5, 5.41) is 0. The molecule has 0 bridgehead atoms. The summed E-state index contributed by atoms with van der Waals surface area (Å²) in [5.74, 6) is 1.07. The number of pyridine rings is 1. The van der Waals surface area contributed by atoms with E-state index in [-0.39, 0.29) is 0 Å². The Morgan fingerprint density at radius 1 is 0.818 bits per heavy atom. The maximum absolute atomic E-state index is 5.60. The summed E-state index contributed by atoms with van der Waals surface area (Å²) in [6.07, 6.45) is 0. The smallest absolute Gasteiger partial charge is 0.129 e. The van der Waals surface area contributed by atoms with Crippen molar-refractivity contribution in [1.29, 1.82) is 0 Å². The summed E-state index contributed by atoms with van der Waals surface area (Å²) in [4.78, 5) is 3.99. The van der Waals surface area contributed by atoms with Crippen molar-refractivity contribution in [2.75, 3.05) is 11.5 Å². The summed E-state index contributed by atoms with van der Waals surface area (Å²) in [6.45, 7) is 5.90. The van der Waals surface area contributed by atoms with Crippen LogP contribution in [0.4, 0.5) is 11.6 Å². The first-order valence-corrected chi connectivity index (χ1v) is 3.52. The summed E-state index contributed by atoms with van der Waals surface area (Å²) >= 11 is 0. The largest absolute Gasteiger partial charge is 0.383 e. The highest BCUT2D eigenvalue weighted by molar-refractivity contribution is 5.55. The van der Waals surface area contributed by atoms with Crippen molar-refractivity contribution in [3.63, 3.8) is 0 Å². The molecule has 3 heteroatoms. The molecule has 0 unspecified atom stereocenters. The number of nitrogen functional groups attached to an aromatic ring is 2. The van der Waals surface area contributed by atoms with Gasteiger partial charge in [0.05, 0.1) is 0 Å². The highest BCUT2D eigenvalue weighted by Crippen LogP contribution is 2.20. The number of hydrogen-bond acceptors (Lipinski definition) is 3. The minimum absolute atomic E-state index is 0.533. The predicted octanol–water partition coefficient (Wildman–Crippen LogP) is 1.17. The minimum Gasteiger partial charge on any atom is -0.383 e. The molecule has 11 heavy (non-hydrogen) atoms. The SMILES string of the molecule is Cc1c(N)nc(N)c(C)c1C. The predicted molar refractivity (Wildman–Crippen MR) is 47.3 cm³/mol. The summed E-state index contributed by atoms with van der Waals surface area (Å²) in [7, 11) is 0. The molecular weight excluding hydrogens is 138 g/mol. The van der Waals surface area contributed by atoms with Crippen LogP contribution in [-0.2, 0) is 0 Å². The third-order valence-electron chi connectivity index (χ3n) is 2.13. The topological polar surface area (TPSA) is 64.9 Å². The Bertz CT molecular complexity index is 266. The molecule has 1 heterocycles. The molecule has 0 radical (unpaired) electrons. The first kappa shape index (κ1) is 7.85. The van der Waals surface area contributed by atoms with Crippen LogP contribution in [0.1, 0.15) is 16.7 Å². The van der Waals surface area contributed by atoms with Crippen LogP contribution in [0.15, 0.2) is 0 Å². The van der Waals surface area contributed by atoms with Gasteiger partial charge in [-0.2, -0.15) is 0 Å². The van der Waals surface area contributed by atoms with Crippen molar-refractivity contribution in [2.24, 2.45) is 0 Å². The van der Waals surface area contributed by atoms with Crippen LogP contribution < -0.4 is 11.5 Å². The second-order valence-electron chi connectivity index (χ2n) is 2.76. The maximum Gasteiger partial charge on any atom is 0.129 e. The average molecular weight is 151 g/mol. The molecule has 3 nitrogen and oxygen atoms in total. The molecule has 1 aromatic rings. The van der Waals surface area contributed by atoms with Gasteiger partial charge in [-0.3, -0.25) is 0 Å². The first-order chi connectivity index (χ1) is 5.04. The van der Waals surface area contributed by atoms with Crippen molar-refractivity contribution in [3.05, 3.63) is 16.7 Å². The lowest BCUT2D eigenvalue weighted by molar-refractivity contribution is 1.18. The van der Waals surface area contributed by atoms with Crippen LogP contribution in [-0.4, -0.2) is 4.98 Å². The van der Waals surface area contributed by atoms with Crippen molar-refractivity contribution in [1.82, 2.24) is 4.98 Å². The molecule has 0 fully saturated rings. The van der Waals surface area contributed by atoms with E-state index in [0.29, 0.717) is 11.6 Å². The highest BCUT2D eigenvalue weighted by Gasteiger charge is 2.05. The van der Waals surface area contributed by atoms with Crippen LogP contribution in [0.25, 0.3) is 0 Å². The zero-order valence-corrected chi connectivity index (χ0v) is 7.10. The van der Waals surface area contributed by atoms with Crippen LogP contribution in [0.2, 0.25) is 0 Å². The number of rotatable bonds is 0. The van der Waals surface area contributed by atoms with Crippen LogP contribution in [0.3, 0.4) is 0 Å². The van der Waals surface area contributed by atoms with Crippen LogP contribution >= 0.6 is 0 Å². The third kappa shape index (κ3) is 1.13. The van der Waals surface area contributed by atoms with Gasteiger partial charge in [0.2, 0.25) is 0 Å². The van der Waals surface area contributed by atoms with Crippen molar-refractivity contribution >= 4 is 11.6 Å². The van der Waals surface area contributed by atoms with Crippen molar-refractivity contribution < 1.29 is 0 Å². The number of anilines is 2. The summed E-state index contributed by atoms with van der Waals surface area (Å²) < 4.78 is 0. The molecule has 1 rings (SSSR count). The standard InChI is InChI=1S/C8H13N3/c1-4-5(2)7(9)11-8(10)6(4)3/h1-3H3,(H4,9,10,11). The fourth-order valence-corrected chi connectivity index (χ4v) is 0.963. The molecule has 4 N–H and O–H groups in total. The van der Waals surface area contributed by atoms with Crippen LogP contribution in [0.5, 0.6) is 0 Å². The van der Waals surface area contributed by atoms with Gasteiger partial charge < -0.3 is 11.5 Å². The van der Waals surface area contributed by atoms with E-state index in [1.165, 1.54) is 0 Å². The van der Waals surface area contributed by atoms with Gasteiger partial charge in [0, 0.05) is 0 Å². The van der Waals surface area contributed by atoms with Gasteiger partial charge in [0.1, 0.15) is 11.6 Å². The molecule has 0 aromatic carbocycles. The Balaban J connectivity index is 3.46. The quantitative estimate of drug-likeness (QED) is 0.585. The second kappa shape index (κ2) is 2.42. The molecule has 0 aliphatic rings. The van der Waals surface area contributed by atoms with E-state index in [1.807, 2.05) is 20.8 Å². The van der Waals surface area contributed by atoms with Gasteiger partial charge in [-0.05, 0) is 37.5 Å². The molecule has 0 spiro atoms. The molecule has 0 atom stereocenters. The van der Waals surface area contributed by atoms with Gasteiger partial charge in [-0.15, -0.1) is 0 Å². The molecule has 1 aromatic heterocycles. The van der Waals surface area contributed by atoms with E-state index >= 15 is 0 Å². The van der Waals surface area contributed by atoms with Crippen molar-refractivity contribution in [2.45, 2.75) is 20.8 Å². The van der Waals surface area contributed by atoms with E-state index in [2.05, 4.69) is 4.98 Å². The maximum atomic E-state index is 5.60. The second-order valence-corrected chi connectivity index (χ2v) is 2.76. The van der Waals surface area contributed by atoms with Gasteiger partial charge in [-0.1, -0.05) is 0 Å². The lowest BCUT2D eigenvalue weighted by Gasteiger charge is -2.08. The van der Waals surface area contributed by atoms with Gasteiger partial charge in [-0.25, -0.2) is 4.98 Å². The van der Waals surface area contributed by atoms with E-state index in [9.17, 15) is 0 Å². The number of hydrogen-bond donors (Lipinski definition) is 2. The lowest BCUT2D eigenvalue weighted by Crippen LogP contribution is -2.03. The minimum atomic E-state index is 0.533. The monoisotopic (exact) mass is 151 g/mol. The molecule has 0 saturated heterocycles. The highest BCUT2D eigenvalue weighted by atomic mass is 14.9. The summed E-state index contributed by atoms with van der Waals surface area (Å²) in [5.41, 5.74) is 14.4. The number of nitrogens with zero attached hydrogens (tertiary/aromatic N) is 1. The molecular formula is C8H13N3. The lowest BCUT2D eigenvalue weighted by atomic mass is 10.1. The molecule has 0 saturated carbocycles. The van der Waals surface area contributed by atoms with E-state index in [0.717, 1.165) is 16.7 Å². The Hall–Kier alpha value is -1.25. The van der Waals surface area contributed by atoms with E-state index in [1.54, 1.807) is 0 Å². The molecule has 60 valence electrons. The van der Waals surface area contributed by atoms with Crippen LogP contribution in [0, 0.1) is 20.8 Å². The number of aromatic nitrogens is 1. The molecule has 0 amide bonds. The fraction of sp³-hybridized carbons (Fsp3) is 0.375. The Morgan fingerprint density at radius 3 is 1.55 bits per heavy atom. The molecule has 0 aliphatic heterocycles. The Kier molecular flexibility index (Phi) is 1.72. The molecule has 0 aliphatic carbocycles. The van der Waals surface area contributed by atoms with E-state index in [4.69, 9.17) is 11.5 Å². The summed E-state index contributed by atoms with van der Waals surface area (Å²) in [6, 6.07) is 0. The van der Waals surface area contributed by atoms with E-state index < -0.39 is 0 Å². The zero-order chi connectivity index (χ0) is 8.59. The van der Waals surface area contributed by atoms with Gasteiger partial charge in [0.25, 0.3) is 0 Å². The van der Waals surface area contributed by atoms with Gasteiger partial charge in [0.15, 0.2) is 0 Å².